The van der Waals surface area contributed by atoms with Gasteiger partial charge in [-0.15, -0.1) is 0 Å². The topological polar surface area (TPSA) is 80.3 Å². The summed E-state index contributed by atoms with van der Waals surface area (Å²) in [5.41, 5.74) is 0. The summed E-state index contributed by atoms with van der Waals surface area (Å²) in [6.45, 7) is 4.03. The van der Waals surface area contributed by atoms with Crippen LogP contribution in [0.25, 0.3) is 0 Å². The summed E-state index contributed by atoms with van der Waals surface area (Å²) in [6, 6.07) is 7.61. The largest absolute Gasteiger partial charge is 0.497 e. The number of ether oxygens (including phenoxy) is 2. The molecule has 1 fully saturated rings. The van der Waals surface area contributed by atoms with Crippen LogP contribution in [-0.2, 0) is 11.2 Å². The maximum absolute atomic E-state index is 12.5. The highest BCUT2D eigenvalue weighted by Crippen LogP contribution is 2.22. The van der Waals surface area contributed by atoms with Crippen LogP contribution in [0.2, 0.25) is 0 Å². The zero-order valence-corrected chi connectivity index (χ0v) is 15.4. The second kappa shape index (κ2) is 8.69. The number of carbonyl (C=O) groups is 1. The van der Waals surface area contributed by atoms with Crippen LogP contribution in [0.3, 0.4) is 0 Å². The summed E-state index contributed by atoms with van der Waals surface area (Å²) >= 11 is 0. The number of piperidine rings is 1. The zero-order valence-electron chi connectivity index (χ0n) is 15.4. The lowest BCUT2D eigenvalue weighted by Crippen LogP contribution is -2.41. The SMILES string of the molecule is COc1cccc(OC[C@H]2CCCN(C(=O)CCc3n[nH]c(C)n3)C2)c1. The minimum Gasteiger partial charge on any atom is -0.497 e. The highest BCUT2D eigenvalue weighted by molar-refractivity contribution is 5.76. The fourth-order valence-electron chi connectivity index (χ4n) is 3.21. The van der Waals surface area contributed by atoms with E-state index < -0.39 is 0 Å². The van der Waals surface area contributed by atoms with Gasteiger partial charge in [-0.05, 0) is 31.9 Å². The van der Waals surface area contributed by atoms with E-state index in [9.17, 15) is 4.79 Å². The van der Waals surface area contributed by atoms with E-state index in [0.717, 1.165) is 43.3 Å². The third kappa shape index (κ3) is 4.97. The van der Waals surface area contributed by atoms with Crippen LogP contribution in [-0.4, -0.2) is 52.8 Å². The molecule has 7 nitrogen and oxygen atoms in total. The van der Waals surface area contributed by atoms with E-state index >= 15 is 0 Å². The molecule has 140 valence electrons. The average Bonchev–Trinajstić information content (AvgIpc) is 3.10. The second-order valence-electron chi connectivity index (χ2n) is 6.68. The summed E-state index contributed by atoms with van der Waals surface area (Å²) < 4.78 is 11.1. The van der Waals surface area contributed by atoms with Gasteiger partial charge >= 0.3 is 0 Å². The standard InChI is InChI=1S/C19H26N4O3/c1-14-20-18(22-21-14)8-9-19(24)23-10-4-5-15(12-23)13-26-17-7-3-6-16(11-17)25-2/h3,6-7,11,15H,4-5,8-10,12-13H2,1-2H3,(H,20,21,22)/t15-/m0/s1. The monoisotopic (exact) mass is 358 g/mol. The van der Waals surface area contributed by atoms with Crippen LogP contribution in [0.5, 0.6) is 11.5 Å². The normalized spacial score (nSPS) is 17.2. The molecule has 2 heterocycles. The number of nitrogens with one attached hydrogen (secondary N) is 1. The number of benzene rings is 1. The molecule has 1 atom stereocenters. The maximum atomic E-state index is 12.5. The molecule has 1 aromatic heterocycles. The van der Waals surface area contributed by atoms with E-state index in [4.69, 9.17) is 9.47 Å². The Kier molecular flexibility index (Phi) is 6.09. The van der Waals surface area contributed by atoms with Crippen LogP contribution in [0, 0.1) is 12.8 Å². The Bertz CT molecular complexity index is 731. The van der Waals surface area contributed by atoms with Crippen LogP contribution in [0.15, 0.2) is 24.3 Å². The molecule has 26 heavy (non-hydrogen) atoms. The first kappa shape index (κ1) is 18.2. The predicted molar refractivity (Wildman–Crippen MR) is 97.2 cm³/mol. The molecule has 0 bridgehead atoms. The van der Waals surface area contributed by atoms with Crippen LogP contribution in [0.4, 0.5) is 0 Å². The maximum Gasteiger partial charge on any atom is 0.223 e. The molecule has 1 aliphatic rings. The molecular weight excluding hydrogens is 332 g/mol. The fourth-order valence-corrected chi connectivity index (χ4v) is 3.21. The van der Waals surface area contributed by atoms with E-state index in [1.54, 1.807) is 7.11 Å². The molecule has 1 aromatic carbocycles. The number of hydrogen-bond acceptors (Lipinski definition) is 5. The molecule has 1 aliphatic heterocycles. The third-order valence-corrected chi connectivity index (χ3v) is 4.60. The number of aryl methyl sites for hydroxylation is 2. The van der Waals surface area contributed by atoms with Crippen molar-refractivity contribution in [2.75, 3.05) is 26.8 Å². The van der Waals surface area contributed by atoms with E-state index in [-0.39, 0.29) is 5.91 Å². The van der Waals surface area contributed by atoms with Crippen molar-refractivity contribution < 1.29 is 14.3 Å². The molecule has 2 aromatic rings. The lowest BCUT2D eigenvalue weighted by molar-refractivity contribution is -0.133. The molecule has 0 spiro atoms. The lowest BCUT2D eigenvalue weighted by Gasteiger charge is -2.32. The third-order valence-electron chi connectivity index (χ3n) is 4.60. The fraction of sp³-hybridized carbons (Fsp3) is 0.526. The average molecular weight is 358 g/mol. The Morgan fingerprint density at radius 1 is 1.38 bits per heavy atom. The lowest BCUT2D eigenvalue weighted by atomic mass is 9.98. The van der Waals surface area contributed by atoms with Crippen LogP contribution >= 0.6 is 0 Å². The van der Waals surface area contributed by atoms with Gasteiger partial charge in [-0.25, -0.2) is 4.98 Å². The minimum absolute atomic E-state index is 0.165. The molecule has 1 N–H and O–H groups in total. The number of hydrogen-bond donors (Lipinski definition) is 1. The van der Waals surface area contributed by atoms with Gasteiger partial charge in [0.05, 0.1) is 13.7 Å². The van der Waals surface area contributed by atoms with Crippen molar-refractivity contribution in [1.29, 1.82) is 0 Å². The van der Waals surface area contributed by atoms with E-state index in [0.29, 0.717) is 31.2 Å². The Morgan fingerprint density at radius 2 is 2.23 bits per heavy atom. The van der Waals surface area contributed by atoms with E-state index in [1.807, 2.05) is 36.1 Å². The Labute approximate surface area is 153 Å². The van der Waals surface area contributed by atoms with E-state index in [1.165, 1.54) is 0 Å². The van der Waals surface area contributed by atoms with Crippen molar-refractivity contribution in [2.24, 2.45) is 5.92 Å². The van der Waals surface area contributed by atoms with Gasteiger partial charge in [-0.2, -0.15) is 5.10 Å². The van der Waals surface area contributed by atoms with Crippen molar-refractivity contribution in [2.45, 2.75) is 32.6 Å². The molecular formula is C19H26N4O3. The molecule has 0 unspecified atom stereocenters. The van der Waals surface area contributed by atoms with Gasteiger partial charge < -0.3 is 14.4 Å². The molecule has 1 amide bonds. The highest BCUT2D eigenvalue weighted by Gasteiger charge is 2.24. The summed E-state index contributed by atoms with van der Waals surface area (Å²) in [5, 5.41) is 6.90. The molecule has 7 heteroatoms. The van der Waals surface area contributed by atoms with Gasteiger partial charge in [0, 0.05) is 37.9 Å². The summed E-state index contributed by atoms with van der Waals surface area (Å²) in [6.07, 6.45) is 3.11. The van der Waals surface area contributed by atoms with Gasteiger partial charge in [0.25, 0.3) is 0 Å². The quantitative estimate of drug-likeness (QED) is 0.822. The van der Waals surface area contributed by atoms with E-state index in [2.05, 4.69) is 15.2 Å². The number of rotatable bonds is 7. The van der Waals surface area contributed by atoms with Gasteiger partial charge in [0.2, 0.25) is 5.91 Å². The first-order valence-electron chi connectivity index (χ1n) is 9.06. The van der Waals surface area contributed by atoms with Crippen molar-refractivity contribution >= 4 is 5.91 Å². The molecule has 1 saturated heterocycles. The van der Waals surface area contributed by atoms with Crippen molar-refractivity contribution in [3.63, 3.8) is 0 Å². The first-order chi connectivity index (χ1) is 12.6. The summed E-state index contributed by atoms with van der Waals surface area (Å²) in [7, 11) is 1.64. The minimum atomic E-state index is 0.165. The Hall–Kier alpha value is -2.57. The number of likely N-dealkylation sites (tertiary alicyclic amines) is 1. The molecule has 3 rings (SSSR count). The number of carbonyl (C=O) groups excluding carboxylic acids is 1. The van der Waals surface area contributed by atoms with Gasteiger partial charge in [-0.1, -0.05) is 6.07 Å². The first-order valence-corrected chi connectivity index (χ1v) is 9.06. The van der Waals surface area contributed by atoms with Crippen molar-refractivity contribution in [1.82, 2.24) is 20.1 Å². The summed E-state index contributed by atoms with van der Waals surface area (Å²) in [4.78, 5) is 18.7. The second-order valence-corrected chi connectivity index (χ2v) is 6.68. The number of aromatic amines is 1. The van der Waals surface area contributed by atoms with Crippen LogP contribution in [0.1, 0.15) is 30.9 Å². The highest BCUT2D eigenvalue weighted by atomic mass is 16.5. The Balaban J connectivity index is 1.46. The molecule has 0 radical (unpaired) electrons. The zero-order chi connectivity index (χ0) is 18.4. The van der Waals surface area contributed by atoms with Crippen molar-refractivity contribution in [3.8, 4) is 11.5 Å². The van der Waals surface area contributed by atoms with Crippen molar-refractivity contribution in [3.05, 3.63) is 35.9 Å². The van der Waals surface area contributed by atoms with Gasteiger partial charge in [0.1, 0.15) is 17.3 Å². The summed E-state index contributed by atoms with van der Waals surface area (Å²) in [5.74, 6) is 3.58. The predicted octanol–water partition coefficient (Wildman–Crippen LogP) is 2.37. The Morgan fingerprint density at radius 3 is 3.00 bits per heavy atom. The number of methoxy groups -OCH3 is 1. The molecule has 0 aliphatic carbocycles. The van der Waals surface area contributed by atoms with Gasteiger partial charge in [0.15, 0.2) is 5.82 Å². The molecule has 0 saturated carbocycles. The number of nitrogens with zero attached hydrogens (tertiary/aromatic N) is 3. The number of aromatic nitrogens is 3. The number of amides is 1. The van der Waals surface area contributed by atoms with Crippen LogP contribution < -0.4 is 9.47 Å². The van der Waals surface area contributed by atoms with Gasteiger partial charge in [-0.3, -0.25) is 9.89 Å². The smallest absolute Gasteiger partial charge is 0.223 e. The number of H-pyrrole nitrogens is 1.